The summed E-state index contributed by atoms with van der Waals surface area (Å²) in [6, 6.07) is 6.30. The Bertz CT molecular complexity index is 634. The van der Waals surface area contributed by atoms with Gasteiger partial charge in [0.1, 0.15) is 6.07 Å². The van der Waals surface area contributed by atoms with Crippen molar-refractivity contribution in [3.8, 4) is 6.07 Å². The van der Waals surface area contributed by atoms with E-state index < -0.39 is 4.92 Å². The number of hydrogen-bond acceptors (Lipinski definition) is 4. The molecule has 16 heavy (non-hydrogen) atoms. The molecule has 0 saturated heterocycles. The molecule has 5 nitrogen and oxygen atoms in total. The molecule has 1 aromatic carbocycles. The third-order valence-corrected chi connectivity index (χ3v) is 2.52. The molecule has 1 aromatic heterocycles. The topological polar surface area (TPSA) is 79.8 Å². The molecule has 2 rings (SSSR count). The van der Waals surface area contributed by atoms with Crippen molar-refractivity contribution < 1.29 is 4.92 Å². The number of hydrogen-bond donors (Lipinski definition) is 0. The van der Waals surface area contributed by atoms with E-state index >= 15 is 0 Å². The molecule has 0 spiro atoms. The molecule has 2 aromatic rings. The van der Waals surface area contributed by atoms with Crippen molar-refractivity contribution in [1.82, 2.24) is 4.98 Å². The lowest BCUT2D eigenvalue weighted by atomic mass is 10.1. The van der Waals surface area contributed by atoms with Gasteiger partial charge in [-0.25, -0.2) is 0 Å². The summed E-state index contributed by atoms with van der Waals surface area (Å²) in [7, 11) is 0. The number of nitro benzene ring substituents is 1. The van der Waals surface area contributed by atoms with E-state index in [-0.39, 0.29) is 21.7 Å². The molecule has 0 radical (unpaired) electrons. The van der Waals surface area contributed by atoms with Crippen molar-refractivity contribution in [1.29, 1.82) is 5.26 Å². The highest BCUT2D eigenvalue weighted by Crippen LogP contribution is 2.32. The molecule has 0 saturated carbocycles. The summed E-state index contributed by atoms with van der Waals surface area (Å²) in [6.45, 7) is 0. The molecule has 6 heteroatoms. The average Bonchev–Trinajstić information content (AvgIpc) is 2.29. The first-order chi connectivity index (χ1) is 7.65. The predicted molar refractivity (Wildman–Crippen MR) is 58.1 cm³/mol. The highest BCUT2D eigenvalue weighted by Gasteiger charge is 2.17. The van der Waals surface area contributed by atoms with Crippen molar-refractivity contribution >= 4 is 28.2 Å². The van der Waals surface area contributed by atoms with Gasteiger partial charge < -0.3 is 0 Å². The van der Waals surface area contributed by atoms with E-state index in [2.05, 4.69) is 4.98 Å². The number of benzene rings is 1. The summed E-state index contributed by atoms with van der Waals surface area (Å²) in [5, 5.41) is 19.8. The highest BCUT2D eigenvalue weighted by molar-refractivity contribution is 6.37. The van der Waals surface area contributed by atoms with E-state index in [0.717, 1.165) is 0 Å². The maximum absolute atomic E-state index is 10.8. The number of nitrogens with zero attached hydrogens (tertiary/aromatic N) is 3. The third-order valence-electron chi connectivity index (χ3n) is 2.13. The minimum atomic E-state index is -0.545. The number of fused-ring (bicyclic) bond motifs is 1. The molecule has 0 aliphatic heterocycles. The molecule has 0 unspecified atom stereocenters. The maximum atomic E-state index is 10.8. The van der Waals surface area contributed by atoms with Crippen molar-refractivity contribution in [2.45, 2.75) is 0 Å². The lowest BCUT2D eigenvalue weighted by molar-refractivity contribution is -0.383. The van der Waals surface area contributed by atoms with Crippen LogP contribution in [-0.2, 0) is 0 Å². The van der Waals surface area contributed by atoms with Crippen LogP contribution < -0.4 is 0 Å². The van der Waals surface area contributed by atoms with Crippen LogP contribution in [0.4, 0.5) is 5.69 Å². The monoisotopic (exact) mass is 233 g/mol. The van der Waals surface area contributed by atoms with Gasteiger partial charge in [0.15, 0.2) is 0 Å². The van der Waals surface area contributed by atoms with Gasteiger partial charge in [0.2, 0.25) is 0 Å². The van der Waals surface area contributed by atoms with Crippen molar-refractivity contribution in [3.63, 3.8) is 0 Å². The predicted octanol–water partition coefficient (Wildman–Crippen LogP) is 2.67. The van der Waals surface area contributed by atoms with Crippen LogP contribution in [0.15, 0.2) is 24.4 Å². The summed E-state index contributed by atoms with van der Waals surface area (Å²) in [5.74, 6) is 0. The van der Waals surface area contributed by atoms with Crippen LogP contribution in [0, 0.1) is 21.4 Å². The minimum Gasteiger partial charge on any atom is -0.258 e. The number of aromatic nitrogens is 1. The van der Waals surface area contributed by atoms with E-state index in [1.54, 1.807) is 6.07 Å². The standard InChI is InChI=1S/C10H4ClN3O2/c11-10-6(4-12)5-13-7-2-1-3-8(9(7)10)14(15)16/h1-3,5H. The number of rotatable bonds is 1. The van der Waals surface area contributed by atoms with Gasteiger partial charge in [0.25, 0.3) is 5.69 Å². The fraction of sp³-hybridized carbons (Fsp3) is 0. The fourth-order valence-electron chi connectivity index (χ4n) is 1.42. The van der Waals surface area contributed by atoms with E-state index in [0.29, 0.717) is 5.52 Å². The van der Waals surface area contributed by atoms with Crippen LogP contribution in [0.25, 0.3) is 10.9 Å². The second kappa shape index (κ2) is 3.76. The van der Waals surface area contributed by atoms with Gasteiger partial charge in [-0.2, -0.15) is 5.26 Å². The normalized spacial score (nSPS) is 10.0. The number of non-ortho nitro benzene ring substituents is 1. The van der Waals surface area contributed by atoms with Gasteiger partial charge in [-0.15, -0.1) is 0 Å². The van der Waals surface area contributed by atoms with Crippen molar-refractivity contribution in [2.24, 2.45) is 0 Å². The Kier molecular flexibility index (Phi) is 2.43. The molecule has 78 valence electrons. The summed E-state index contributed by atoms with van der Waals surface area (Å²) in [4.78, 5) is 14.2. The molecule has 0 amide bonds. The van der Waals surface area contributed by atoms with E-state index in [1.807, 2.05) is 6.07 Å². The lowest BCUT2D eigenvalue weighted by Gasteiger charge is -2.01. The fourth-order valence-corrected chi connectivity index (χ4v) is 1.70. The van der Waals surface area contributed by atoms with Gasteiger partial charge in [0, 0.05) is 12.3 Å². The quantitative estimate of drug-likeness (QED) is 0.560. The second-order valence-electron chi connectivity index (χ2n) is 3.03. The molecule has 1 heterocycles. The number of pyridine rings is 1. The first kappa shape index (κ1) is 10.3. The van der Waals surface area contributed by atoms with E-state index in [9.17, 15) is 10.1 Å². The summed E-state index contributed by atoms with van der Waals surface area (Å²) < 4.78 is 0. The molecule has 0 aliphatic rings. The maximum Gasteiger partial charge on any atom is 0.280 e. The van der Waals surface area contributed by atoms with Crippen LogP contribution in [0.1, 0.15) is 5.56 Å². The van der Waals surface area contributed by atoms with Crippen LogP contribution >= 0.6 is 11.6 Å². The number of nitriles is 1. The summed E-state index contributed by atoms with van der Waals surface area (Å²) in [6.07, 6.45) is 1.30. The average molecular weight is 234 g/mol. The Morgan fingerprint density at radius 1 is 1.50 bits per heavy atom. The first-order valence-electron chi connectivity index (χ1n) is 4.27. The lowest BCUT2D eigenvalue weighted by Crippen LogP contribution is -1.92. The Morgan fingerprint density at radius 2 is 2.25 bits per heavy atom. The van der Waals surface area contributed by atoms with E-state index in [4.69, 9.17) is 16.9 Å². The Morgan fingerprint density at radius 3 is 2.88 bits per heavy atom. The van der Waals surface area contributed by atoms with Gasteiger partial charge in [-0.1, -0.05) is 17.7 Å². The zero-order chi connectivity index (χ0) is 11.7. The zero-order valence-corrected chi connectivity index (χ0v) is 8.60. The van der Waals surface area contributed by atoms with Gasteiger partial charge >= 0.3 is 0 Å². The minimum absolute atomic E-state index is 0.0693. The van der Waals surface area contributed by atoms with Crippen LogP contribution in [0.3, 0.4) is 0 Å². The summed E-state index contributed by atoms with van der Waals surface area (Å²) >= 11 is 5.92. The van der Waals surface area contributed by atoms with Crippen molar-refractivity contribution in [2.75, 3.05) is 0 Å². The Hall–Kier alpha value is -2.19. The van der Waals surface area contributed by atoms with Crippen molar-refractivity contribution in [3.05, 3.63) is 45.1 Å². The largest absolute Gasteiger partial charge is 0.280 e. The van der Waals surface area contributed by atoms with Gasteiger partial charge in [0.05, 0.1) is 26.4 Å². The molecular weight excluding hydrogens is 230 g/mol. The van der Waals surface area contributed by atoms with Crippen LogP contribution in [-0.4, -0.2) is 9.91 Å². The third kappa shape index (κ3) is 1.45. The molecule has 0 fully saturated rings. The van der Waals surface area contributed by atoms with Crippen LogP contribution in [0.2, 0.25) is 5.02 Å². The number of nitro groups is 1. The SMILES string of the molecule is N#Cc1cnc2cccc([N+](=O)[O-])c2c1Cl. The Balaban J connectivity index is 2.95. The zero-order valence-electron chi connectivity index (χ0n) is 7.85. The molecule has 0 N–H and O–H groups in total. The first-order valence-corrected chi connectivity index (χ1v) is 4.64. The van der Waals surface area contributed by atoms with Gasteiger partial charge in [-0.3, -0.25) is 15.1 Å². The summed E-state index contributed by atoms with van der Waals surface area (Å²) in [5.41, 5.74) is 0.383. The molecule has 0 bridgehead atoms. The molecular formula is C10H4ClN3O2. The Labute approximate surface area is 95.0 Å². The van der Waals surface area contributed by atoms with Gasteiger partial charge in [-0.05, 0) is 6.07 Å². The molecule has 0 aliphatic carbocycles. The smallest absolute Gasteiger partial charge is 0.258 e. The molecule has 0 atom stereocenters. The van der Waals surface area contributed by atoms with Crippen LogP contribution in [0.5, 0.6) is 0 Å². The highest BCUT2D eigenvalue weighted by atomic mass is 35.5. The number of halogens is 1. The second-order valence-corrected chi connectivity index (χ2v) is 3.40. The van der Waals surface area contributed by atoms with E-state index in [1.165, 1.54) is 18.3 Å².